The van der Waals surface area contributed by atoms with Crippen molar-refractivity contribution in [3.8, 4) is 5.75 Å². The van der Waals surface area contributed by atoms with Gasteiger partial charge in [0.25, 0.3) is 0 Å². The molecule has 2 rings (SSSR count). The molecule has 0 aliphatic carbocycles. The van der Waals surface area contributed by atoms with E-state index in [1.807, 2.05) is 6.92 Å². The van der Waals surface area contributed by atoms with Gasteiger partial charge in [0.05, 0.1) is 0 Å². The molecule has 1 aromatic heterocycles. The van der Waals surface area contributed by atoms with E-state index in [1.54, 1.807) is 19.1 Å². The van der Waals surface area contributed by atoms with E-state index in [9.17, 15) is 9.59 Å². The fourth-order valence-corrected chi connectivity index (χ4v) is 2.25. The normalized spacial score (nSPS) is 12.3. The van der Waals surface area contributed by atoms with Gasteiger partial charge in [-0.25, -0.2) is 9.59 Å². The highest BCUT2D eigenvalue weighted by Gasteiger charge is 2.16. The lowest BCUT2D eigenvalue weighted by Crippen LogP contribution is -2.23. The van der Waals surface area contributed by atoms with Gasteiger partial charge in [-0.05, 0) is 38.0 Å². The molecular weight excluding hydrogens is 272 g/mol. The summed E-state index contributed by atoms with van der Waals surface area (Å²) in [6, 6.07) is 5.03. The second kappa shape index (κ2) is 5.99. The van der Waals surface area contributed by atoms with E-state index in [0.29, 0.717) is 16.9 Å². The summed E-state index contributed by atoms with van der Waals surface area (Å²) in [5.41, 5.74) is 1.62. The van der Waals surface area contributed by atoms with Gasteiger partial charge >= 0.3 is 11.6 Å². The minimum atomic E-state index is -1.05. The van der Waals surface area contributed by atoms with Crippen LogP contribution in [0.2, 0.25) is 0 Å². The number of ether oxygens (including phenoxy) is 1. The first kappa shape index (κ1) is 15.1. The molecule has 1 N–H and O–H groups in total. The number of aryl methyl sites for hydroxylation is 2. The maximum Gasteiger partial charge on any atom is 0.344 e. The predicted octanol–water partition coefficient (Wildman–Crippen LogP) is 2.91. The minimum Gasteiger partial charge on any atom is -0.479 e. The maximum absolute atomic E-state index is 11.7. The molecule has 0 fully saturated rings. The molecular formula is C16H18O5. The van der Waals surface area contributed by atoms with Crippen LogP contribution in [0.1, 0.15) is 31.4 Å². The number of fused-ring (bicyclic) bond motifs is 1. The van der Waals surface area contributed by atoms with Crippen molar-refractivity contribution in [2.75, 3.05) is 0 Å². The Bertz CT molecular complexity index is 729. The second-order valence-corrected chi connectivity index (χ2v) is 5.00. The Kier molecular flexibility index (Phi) is 4.31. The Labute approximate surface area is 122 Å². The average Bonchev–Trinajstić information content (AvgIpc) is 2.42. The highest BCUT2D eigenvalue weighted by molar-refractivity contribution is 5.85. The molecule has 0 spiro atoms. The van der Waals surface area contributed by atoms with Crippen LogP contribution in [0.25, 0.3) is 11.0 Å². The van der Waals surface area contributed by atoms with Crippen molar-refractivity contribution in [2.24, 2.45) is 0 Å². The van der Waals surface area contributed by atoms with Gasteiger partial charge in [0.2, 0.25) is 0 Å². The van der Waals surface area contributed by atoms with Crippen molar-refractivity contribution in [2.45, 2.75) is 39.7 Å². The lowest BCUT2D eigenvalue weighted by molar-refractivity contribution is -0.144. The Morgan fingerprint density at radius 1 is 1.43 bits per heavy atom. The summed E-state index contributed by atoms with van der Waals surface area (Å²) in [5.74, 6) is -0.634. The number of hydrogen-bond acceptors (Lipinski definition) is 4. The molecule has 1 unspecified atom stereocenters. The fraction of sp³-hybridized carbons (Fsp3) is 0.375. The van der Waals surface area contributed by atoms with Gasteiger partial charge in [0.1, 0.15) is 11.3 Å². The van der Waals surface area contributed by atoms with Gasteiger partial charge in [-0.1, -0.05) is 13.3 Å². The van der Waals surface area contributed by atoms with E-state index >= 15 is 0 Å². The number of carboxylic acid groups (broad SMARTS) is 1. The van der Waals surface area contributed by atoms with E-state index < -0.39 is 17.7 Å². The van der Waals surface area contributed by atoms with Gasteiger partial charge in [-0.15, -0.1) is 0 Å². The Morgan fingerprint density at radius 3 is 2.76 bits per heavy atom. The molecule has 0 saturated heterocycles. The SMILES string of the molecule is CCCc1cc(=O)oc2c(C)c(OC(C)C(=O)O)ccc12. The predicted molar refractivity (Wildman–Crippen MR) is 78.9 cm³/mol. The van der Waals surface area contributed by atoms with Crippen LogP contribution in [0.5, 0.6) is 5.75 Å². The molecule has 0 saturated carbocycles. The Morgan fingerprint density at radius 2 is 2.14 bits per heavy atom. The zero-order valence-corrected chi connectivity index (χ0v) is 12.3. The quantitative estimate of drug-likeness (QED) is 0.857. The molecule has 0 radical (unpaired) electrons. The van der Waals surface area contributed by atoms with Crippen molar-refractivity contribution in [3.05, 3.63) is 39.7 Å². The average molecular weight is 290 g/mol. The molecule has 5 heteroatoms. The topological polar surface area (TPSA) is 76.7 Å². The smallest absolute Gasteiger partial charge is 0.344 e. The minimum absolute atomic E-state index is 0.405. The van der Waals surface area contributed by atoms with Crippen molar-refractivity contribution < 1.29 is 19.1 Å². The van der Waals surface area contributed by atoms with Crippen LogP contribution >= 0.6 is 0 Å². The van der Waals surface area contributed by atoms with E-state index in [-0.39, 0.29) is 0 Å². The van der Waals surface area contributed by atoms with Crippen LogP contribution in [-0.4, -0.2) is 17.2 Å². The Balaban J connectivity index is 2.56. The molecule has 5 nitrogen and oxygen atoms in total. The molecule has 0 amide bonds. The van der Waals surface area contributed by atoms with Gasteiger partial charge in [-0.2, -0.15) is 0 Å². The third-order valence-electron chi connectivity index (χ3n) is 3.37. The van der Waals surface area contributed by atoms with Crippen LogP contribution in [-0.2, 0) is 11.2 Å². The van der Waals surface area contributed by atoms with Gasteiger partial charge in [0.15, 0.2) is 6.10 Å². The monoisotopic (exact) mass is 290 g/mol. The van der Waals surface area contributed by atoms with E-state index in [0.717, 1.165) is 23.8 Å². The van der Waals surface area contributed by atoms with Gasteiger partial charge in [-0.3, -0.25) is 0 Å². The van der Waals surface area contributed by atoms with Crippen LogP contribution in [0, 0.1) is 6.92 Å². The number of carbonyl (C=O) groups is 1. The van der Waals surface area contributed by atoms with Crippen LogP contribution < -0.4 is 10.4 Å². The summed E-state index contributed by atoms with van der Waals surface area (Å²) in [6.07, 6.45) is 0.741. The van der Waals surface area contributed by atoms with Crippen molar-refractivity contribution in [1.29, 1.82) is 0 Å². The number of rotatable bonds is 5. The van der Waals surface area contributed by atoms with Crippen molar-refractivity contribution in [1.82, 2.24) is 0 Å². The first-order valence-electron chi connectivity index (χ1n) is 6.89. The molecule has 0 bridgehead atoms. The molecule has 1 aromatic carbocycles. The zero-order chi connectivity index (χ0) is 15.6. The maximum atomic E-state index is 11.7. The van der Waals surface area contributed by atoms with E-state index in [4.69, 9.17) is 14.3 Å². The number of benzene rings is 1. The number of carboxylic acids is 1. The first-order chi connectivity index (χ1) is 9.93. The lowest BCUT2D eigenvalue weighted by Gasteiger charge is -2.14. The Hall–Kier alpha value is -2.30. The summed E-state index contributed by atoms with van der Waals surface area (Å²) in [6.45, 7) is 5.25. The van der Waals surface area contributed by atoms with Crippen LogP contribution in [0.4, 0.5) is 0 Å². The third-order valence-corrected chi connectivity index (χ3v) is 3.37. The molecule has 0 aliphatic rings. The standard InChI is InChI=1S/C16H18O5/c1-4-5-11-8-14(17)21-15-9(2)13(7-6-12(11)15)20-10(3)16(18)19/h6-8,10H,4-5H2,1-3H3,(H,18,19). The second-order valence-electron chi connectivity index (χ2n) is 5.00. The van der Waals surface area contributed by atoms with Gasteiger partial charge in [0, 0.05) is 17.0 Å². The number of hydrogen-bond donors (Lipinski definition) is 1. The lowest BCUT2D eigenvalue weighted by atomic mass is 10.0. The first-order valence-corrected chi connectivity index (χ1v) is 6.89. The summed E-state index contributed by atoms with van der Waals surface area (Å²) >= 11 is 0. The highest BCUT2D eigenvalue weighted by Crippen LogP contribution is 2.29. The van der Waals surface area contributed by atoms with Crippen molar-refractivity contribution >= 4 is 16.9 Å². The fourth-order valence-electron chi connectivity index (χ4n) is 2.25. The summed E-state index contributed by atoms with van der Waals surface area (Å²) in [7, 11) is 0. The molecule has 1 atom stereocenters. The van der Waals surface area contributed by atoms with Gasteiger partial charge < -0.3 is 14.3 Å². The van der Waals surface area contributed by atoms with E-state index in [1.165, 1.54) is 13.0 Å². The molecule has 0 aliphatic heterocycles. The van der Waals surface area contributed by atoms with Crippen molar-refractivity contribution in [3.63, 3.8) is 0 Å². The summed E-state index contributed by atoms with van der Waals surface area (Å²) < 4.78 is 10.7. The highest BCUT2D eigenvalue weighted by atomic mass is 16.5. The van der Waals surface area contributed by atoms with Crippen LogP contribution in [0.3, 0.4) is 0 Å². The van der Waals surface area contributed by atoms with Crippen LogP contribution in [0.15, 0.2) is 27.4 Å². The molecule has 2 aromatic rings. The molecule has 21 heavy (non-hydrogen) atoms. The molecule has 112 valence electrons. The molecule has 1 heterocycles. The van der Waals surface area contributed by atoms with E-state index in [2.05, 4.69) is 0 Å². The summed E-state index contributed by atoms with van der Waals surface area (Å²) in [5, 5.41) is 9.77. The third kappa shape index (κ3) is 3.07. The zero-order valence-electron chi connectivity index (χ0n) is 12.3. The largest absolute Gasteiger partial charge is 0.479 e. The number of aliphatic carboxylic acids is 1. The summed E-state index contributed by atoms with van der Waals surface area (Å²) in [4.78, 5) is 22.5.